The summed E-state index contributed by atoms with van der Waals surface area (Å²) in [4.78, 5) is 24.3. The van der Waals surface area contributed by atoms with E-state index in [9.17, 15) is 27.9 Å². The van der Waals surface area contributed by atoms with Crippen molar-refractivity contribution in [3.05, 3.63) is 35.4 Å². The lowest BCUT2D eigenvalue weighted by atomic mass is 10.0. The van der Waals surface area contributed by atoms with Gasteiger partial charge in [0.2, 0.25) is 0 Å². The standard InChI is InChI=1S/C16H20F3NO4/c1-15(2,3)24-14(23)20(4)12(13(21)22)9-10-5-7-11(8-6-10)16(17,18)19/h5-8,12H,9H2,1-4H3,(H,21,22)/t12-/m1/s1. The molecule has 0 bridgehead atoms. The number of aliphatic carboxylic acids is 1. The number of ether oxygens (including phenoxy) is 1. The van der Waals surface area contributed by atoms with Gasteiger partial charge in [-0.25, -0.2) is 9.59 Å². The Bertz CT molecular complexity index is 591. The molecule has 0 heterocycles. The summed E-state index contributed by atoms with van der Waals surface area (Å²) in [6.07, 6.45) is -5.41. The number of halogens is 3. The first kappa shape index (κ1) is 19.8. The van der Waals surface area contributed by atoms with E-state index in [-0.39, 0.29) is 6.42 Å². The number of amides is 1. The second-order valence-electron chi connectivity index (χ2n) is 6.34. The normalized spacial score (nSPS) is 13.3. The highest BCUT2D eigenvalue weighted by atomic mass is 19.4. The maximum absolute atomic E-state index is 12.5. The monoisotopic (exact) mass is 347 g/mol. The zero-order valence-corrected chi connectivity index (χ0v) is 13.8. The van der Waals surface area contributed by atoms with Crippen molar-refractivity contribution in [2.75, 3.05) is 7.05 Å². The largest absolute Gasteiger partial charge is 0.480 e. The molecule has 1 rings (SSSR count). The number of hydrogen-bond donors (Lipinski definition) is 1. The maximum atomic E-state index is 12.5. The van der Waals surface area contributed by atoms with Crippen LogP contribution in [0.5, 0.6) is 0 Å². The SMILES string of the molecule is CN(C(=O)OC(C)(C)C)[C@H](Cc1ccc(C(F)(F)F)cc1)C(=O)O. The van der Waals surface area contributed by atoms with Crippen LogP contribution >= 0.6 is 0 Å². The van der Waals surface area contributed by atoms with Crippen molar-refractivity contribution in [1.29, 1.82) is 0 Å². The van der Waals surface area contributed by atoms with Gasteiger partial charge in [0.15, 0.2) is 0 Å². The Labute approximate surface area is 138 Å². The van der Waals surface area contributed by atoms with Crippen molar-refractivity contribution >= 4 is 12.1 Å². The third-order valence-electron chi connectivity index (χ3n) is 3.14. The molecule has 24 heavy (non-hydrogen) atoms. The number of carboxylic acid groups (broad SMARTS) is 1. The Morgan fingerprint density at radius 2 is 1.67 bits per heavy atom. The predicted octanol–water partition coefficient (Wildman–Crippen LogP) is 3.57. The number of alkyl halides is 3. The minimum Gasteiger partial charge on any atom is -0.480 e. The van der Waals surface area contributed by atoms with Gasteiger partial charge >= 0.3 is 18.2 Å². The summed E-state index contributed by atoms with van der Waals surface area (Å²) in [5.41, 5.74) is -1.24. The zero-order valence-electron chi connectivity index (χ0n) is 13.8. The van der Waals surface area contributed by atoms with Gasteiger partial charge in [-0.15, -0.1) is 0 Å². The van der Waals surface area contributed by atoms with Crippen LogP contribution in [-0.2, 0) is 22.1 Å². The number of nitrogens with zero attached hydrogens (tertiary/aromatic N) is 1. The average molecular weight is 347 g/mol. The van der Waals surface area contributed by atoms with Crippen LogP contribution in [-0.4, -0.2) is 40.8 Å². The number of carbonyl (C=O) groups excluding carboxylic acids is 1. The van der Waals surface area contributed by atoms with Crippen LogP contribution in [0.15, 0.2) is 24.3 Å². The van der Waals surface area contributed by atoms with Crippen LogP contribution in [0.1, 0.15) is 31.9 Å². The summed E-state index contributed by atoms with van der Waals surface area (Å²) in [6.45, 7) is 4.93. The van der Waals surface area contributed by atoms with Gasteiger partial charge in [0.05, 0.1) is 5.56 Å². The van der Waals surface area contributed by atoms with Crippen LogP contribution < -0.4 is 0 Å². The van der Waals surface area contributed by atoms with Gasteiger partial charge in [-0.05, 0) is 38.5 Å². The first-order valence-corrected chi connectivity index (χ1v) is 7.16. The van der Waals surface area contributed by atoms with Crippen molar-refractivity contribution in [3.63, 3.8) is 0 Å². The Balaban J connectivity index is 2.90. The summed E-state index contributed by atoms with van der Waals surface area (Å²) >= 11 is 0. The van der Waals surface area contributed by atoms with Crippen LogP contribution in [0, 0.1) is 0 Å². The third-order valence-corrected chi connectivity index (χ3v) is 3.14. The average Bonchev–Trinajstić information content (AvgIpc) is 2.41. The molecule has 1 amide bonds. The molecule has 0 aromatic heterocycles. The zero-order chi connectivity index (χ0) is 18.7. The molecular weight excluding hydrogens is 327 g/mol. The van der Waals surface area contributed by atoms with Crippen LogP contribution in [0.3, 0.4) is 0 Å². The maximum Gasteiger partial charge on any atom is 0.416 e. The minimum atomic E-state index is -4.46. The third kappa shape index (κ3) is 5.75. The van der Waals surface area contributed by atoms with E-state index in [0.29, 0.717) is 5.56 Å². The first-order chi connectivity index (χ1) is 10.8. The van der Waals surface area contributed by atoms with E-state index in [4.69, 9.17) is 4.74 Å². The molecular formula is C16H20F3NO4. The molecule has 8 heteroatoms. The second kappa shape index (κ2) is 7.11. The van der Waals surface area contributed by atoms with E-state index in [1.54, 1.807) is 20.8 Å². The Kier molecular flexibility index (Phi) is 5.86. The van der Waals surface area contributed by atoms with Crippen molar-refractivity contribution in [2.24, 2.45) is 0 Å². The highest BCUT2D eigenvalue weighted by Crippen LogP contribution is 2.29. The quantitative estimate of drug-likeness (QED) is 0.904. The fourth-order valence-electron chi connectivity index (χ4n) is 1.90. The Hall–Kier alpha value is -2.25. The van der Waals surface area contributed by atoms with Crippen molar-refractivity contribution < 1.29 is 32.6 Å². The molecule has 1 atom stereocenters. The number of carboxylic acids is 1. The van der Waals surface area contributed by atoms with E-state index in [0.717, 1.165) is 17.0 Å². The molecule has 1 aromatic carbocycles. The van der Waals surface area contributed by atoms with E-state index in [1.807, 2.05) is 0 Å². The summed E-state index contributed by atoms with van der Waals surface area (Å²) < 4.78 is 42.7. The lowest BCUT2D eigenvalue weighted by Crippen LogP contribution is -2.46. The number of rotatable bonds is 4. The van der Waals surface area contributed by atoms with Gasteiger partial charge in [-0.2, -0.15) is 13.2 Å². The molecule has 0 aliphatic heterocycles. The molecule has 0 fully saturated rings. The van der Waals surface area contributed by atoms with Gasteiger partial charge in [0.1, 0.15) is 11.6 Å². The molecule has 0 spiro atoms. The molecule has 1 aromatic rings. The molecule has 0 radical (unpaired) electrons. The Morgan fingerprint density at radius 1 is 1.17 bits per heavy atom. The molecule has 0 unspecified atom stereocenters. The second-order valence-corrected chi connectivity index (χ2v) is 6.34. The number of benzene rings is 1. The van der Waals surface area contributed by atoms with Crippen molar-refractivity contribution in [2.45, 2.75) is 45.0 Å². The van der Waals surface area contributed by atoms with E-state index in [1.165, 1.54) is 19.2 Å². The topological polar surface area (TPSA) is 66.8 Å². The van der Waals surface area contributed by atoms with Gasteiger partial charge in [0.25, 0.3) is 0 Å². The van der Waals surface area contributed by atoms with Crippen molar-refractivity contribution in [1.82, 2.24) is 4.90 Å². The summed E-state index contributed by atoms with van der Waals surface area (Å²) in [7, 11) is 1.27. The highest BCUT2D eigenvalue weighted by Gasteiger charge is 2.32. The fraction of sp³-hybridized carbons (Fsp3) is 0.500. The highest BCUT2D eigenvalue weighted by molar-refractivity contribution is 5.80. The van der Waals surface area contributed by atoms with E-state index < -0.39 is 35.4 Å². The van der Waals surface area contributed by atoms with E-state index in [2.05, 4.69) is 0 Å². The summed E-state index contributed by atoms with van der Waals surface area (Å²) in [6, 6.07) is 2.89. The van der Waals surface area contributed by atoms with Crippen LogP contribution in [0.2, 0.25) is 0 Å². The molecule has 134 valence electrons. The molecule has 0 saturated heterocycles. The molecule has 0 aliphatic carbocycles. The van der Waals surface area contributed by atoms with Crippen LogP contribution in [0.25, 0.3) is 0 Å². The van der Waals surface area contributed by atoms with Crippen molar-refractivity contribution in [3.8, 4) is 0 Å². The molecule has 0 saturated carbocycles. The Morgan fingerprint density at radius 3 is 2.04 bits per heavy atom. The van der Waals surface area contributed by atoms with Gasteiger partial charge < -0.3 is 9.84 Å². The van der Waals surface area contributed by atoms with Gasteiger partial charge in [-0.1, -0.05) is 12.1 Å². The first-order valence-electron chi connectivity index (χ1n) is 7.16. The summed E-state index contributed by atoms with van der Waals surface area (Å²) in [5.74, 6) is -1.27. The minimum absolute atomic E-state index is 0.136. The number of likely N-dealkylation sites (N-methyl/N-ethyl adjacent to an activating group) is 1. The number of carbonyl (C=O) groups is 2. The molecule has 1 N–H and O–H groups in total. The molecule has 5 nitrogen and oxygen atoms in total. The van der Waals surface area contributed by atoms with Crippen LogP contribution in [0.4, 0.5) is 18.0 Å². The smallest absolute Gasteiger partial charge is 0.416 e. The van der Waals surface area contributed by atoms with E-state index >= 15 is 0 Å². The fourth-order valence-corrected chi connectivity index (χ4v) is 1.90. The summed E-state index contributed by atoms with van der Waals surface area (Å²) in [5, 5.41) is 9.31. The lowest BCUT2D eigenvalue weighted by Gasteiger charge is -2.28. The predicted molar refractivity (Wildman–Crippen MR) is 80.6 cm³/mol. The lowest BCUT2D eigenvalue weighted by molar-refractivity contribution is -0.142. The molecule has 0 aliphatic rings. The van der Waals surface area contributed by atoms with Gasteiger partial charge in [-0.3, -0.25) is 4.90 Å². The van der Waals surface area contributed by atoms with Gasteiger partial charge in [0, 0.05) is 13.5 Å². The number of hydrogen-bond acceptors (Lipinski definition) is 3.